The van der Waals surface area contributed by atoms with Gasteiger partial charge in [-0.2, -0.15) is 0 Å². The van der Waals surface area contributed by atoms with Crippen LogP contribution in [0.2, 0.25) is 0 Å². The third-order valence-corrected chi connectivity index (χ3v) is 9.49. The lowest BCUT2D eigenvalue weighted by Crippen LogP contribution is -2.32. The molecule has 2 N–H and O–H groups in total. The monoisotopic (exact) mass is 842 g/mol. The average Bonchev–Trinajstić information content (AvgIpc) is 3.12. The number of carbonyl (C=O) groups excluding carboxylic acids is 2. The molecule has 4 aromatic rings. The zero-order chi connectivity index (χ0) is 40.8. The number of alkyl halides is 4. The van der Waals surface area contributed by atoms with E-state index >= 15 is 0 Å². The molecule has 0 saturated carbocycles. The molecule has 55 heavy (non-hydrogen) atoms. The molecule has 302 valence electrons. The highest BCUT2D eigenvalue weighted by Gasteiger charge is 2.16. The number of aromatic nitrogens is 2. The van der Waals surface area contributed by atoms with Crippen molar-refractivity contribution < 1.29 is 24.2 Å². The number of rotatable bonds is 20. The van der Waals surface area contributed by atoms with Crippen LogP contribution in [-0.2, 0) is 0 Å². The number of benzene rings is 2. The number of carboxylic acids is 2. The number of anilines is 2. The third-order valence-electron chi connectivity index (χ3n) is 8.81. The van der Waals surface area contributed by atoms with Crippen LogP contribution in [-0.4, -0.2) is 107 Å². The molecule has 2 aromatic carbocycles. The summed E-state index contributed by atoms with van der Waals surface area (Å²) in [5, 5.41) is 29.2. The normalized spacial score (nSPS) is 11.5. The second-order valence-electron chi connectivity index (χ2n) is 13.2. The van der Waals surface area contributed by atoms with Crippen LogP contribution in [0.25, 0.3) is 21.8 Å². The number of aromatic carboxylic acids is 2. The zero-order valence-corrected chi connectivity index (χ0v) is 34.3. The van der Waals surface area contributed by atoms with Crippen molar-refractivity contribution in [1.82, 2.24) is 18.9 Å². The van der Waals surface area contributed by atoms with Crippen molar-refractivity contribution in [3.63, 3.8) is 0 Å². The Kier molecular flexibility index (Phi) is 18.5. The highest BCUT2D eigenvalue weighted by atomic mass is 35.5. The summed E-state index contributed by atoms with van der Waals surface area (Å²) in [6, 6.07) is 7.75. The van der Waals surface area contributed by atoms with Crippen LogP contribution >= 0.6 is 46.4 Å². The van der Waals surface area contributed by atoms with Crippen molar-refractivity contribution in [2.45, 2.75) is 39.8 Å². The van der Waals surface area contributed by atoms with Gasteiger partial charge in [0.15, 0.2) is 10.9 Å². The molecule has 0 bridgehead atoms. The molecule has 12 nitrogen and oxygen atoms in total. The van der Waals surface area contributed by atoms with Gasteiger partial charge in [0.2, 0.25) is 0 Å². The van der Waals surface area contributed by atoms with Crippen LogP contribution in [0.5, 0.6) is 0 Å². The summed E-state index contributed by atoms with van der Waals surface area (Å²) in [6.45, 7) is 13.0. The summed E-state index contributed by atoms with van der Waals surface area (Å²) in [7, 11) is 0. The van der Waals surface area contributed by atoms with E-state index in [4.69, 9.17) is 46.4 Å². The van der Waals surface area contributed by atoms with Gasteiger partial charge in [0.25, 0.3) is 0 Å². The fourth-order valence-corrected chi connectivity index (χ4v) is 6.92. The number of halogens is 5. The van der Waals surface area contributed by atoms with Crippen LogP contribution in [0, 0.1) is 5.82 Å². The zero-order valence-electron chi connectivity index (χ0n) is 31.3. The van der Waals surface area contributed by atoms with Gasteiger partial charge < -0.3 is 39.6 Å². The van der Waals surface area contributed by atoms with Crippen molar-refractivity contribution >= 4 is 91.5 Å². The third kappa shape index (κ3) is 12.5. The van der Waals surface area contributed by atoms with E-state index in [1.54, 1.807) is 21.3 Å². The van der Waals surface area contributed by atoms with Crippen LogP contribution in [0.3, 0.4) is 0 Å². The molecule has 0 spiro atoms. The highest BCUT2D eigenvalue weighted by molar-refractivity contribution is 6.18. The Balaban J connectivity index is 0.000000296. The largest absolute Gasteiger partial charge is 0.545 e. The predicted molar refractivity (Wildman–Crippen MR) is 219 cm³/mol. The molecule has 0 saturated heterocycles. The van der Waals surface area contributed by atoms with Crippen LogP contribution < -0.4 is 31.7 Å². The van der Waals surface area contributed by atoms with Gasteiger partial charge in [-0.25, -0.2) is 4.39 Å². The number of nitrogens with one attached hydrogen (secondary N) is 2. The molecule has 17 heteroatoms. The molecule has 0 atom stereocenters. The van der Waals surface area contributed by atoms with Crippen molar-refractivity contribution in [3.05, 3.63) is 80.1 Å². The number of hydrogen-bond acceptors (Lipinski definition) is 10. The smallest absolute Gasteiger partial charge is 0.198 e. The second-order valence-corrected chi connectivity index (χ2v) is 14.7. The Morgan fingerprint density at radius 2 is 1.11 bits per heavy atom. The fourth-order valence-electron chi connectivity index (χ4n) is 5.97. The maximum Gasteiger partial charge on any atom is 0.198 e. The van der Waals surface area contributed by atoms with Crippen molar-refractivity contribution in [2.75, 3.05) is 86.5 Å². The molecule has 0 aliphatic carbocycles. The number of nitrogens with zero attached hydrogens (tertiary/aromatic N) is 4. The van der Waals surface area contributed by atoms with E-state index in [1.165, 1.54) is 18.5 Å². The van der Waals surface area contributed by atoms with E-state index in [-0.39, 0.29) is 28.7 Å². The highest BCUT2D eigenvalue weighted by Crippen LogP contribution is 2.24. The van der Waals surface area contributed by atoms with Crippen molar-refractivity contribution in [3.8, 4) is 0 Å². The molecular formula is C38H47Cl4FN6O6-2. The standard InChI is InChI=1S/C19H24Cl2FN3O3.C19H25Cl2N3O3/c1-12(2)25-11-14(19(27)28)18(26)13-9-15(22)16(10-17(13)25)23-5-8-24(6-3-20)7-4-21;1-13(2)24-12-16(19(26)27)18(25)15-4-3-14(11-17(15)24)22-7-10-23(8-5-20)9-6-21/h9-12,23H,3-8H2,1-2H3,(H,27,28);3-4,11-13,22H,5-10H2,1-2H3,(H,26,27)/p-2. The lowest BCUT2D eigenvalue weighted by molar-refractivity contribution is -0.256. The van der Waals surface area contributed by atoms with Gasteiger partial charge in [0, 0.05) is 117 Å². The molecule has 0 unspecified atom stereocenters. The molecule has 0 aliphatic rings. The predicted octanol–water partition coefficient (Wildman–Crippen LogP) is 4.41. The molecule has 0 amide bonds. The van der Waals surface area contributed by atoms with Gasteiger partial charge in [0.05, 0.1) is 39.8 Å². The SMILES string of the molecule is CC(C)n1cc(C(=O)[O-])c(=O)c2cc(F)c(NCCN(CCCl)CCCl)cc21.CC(C)n1cc(C(=O)[O-])c(=O)c2ccc(NCCN(CCCl)CCCl)cc21. The van der Waals surface area contributed by atoms with Crippen LogP contribution in [0.4, 0.5) is 15.8 Å². The molecule has 0 radical (unpaired) electrons. The number of fused-ring (bicyclic) bond motifs is 2. The van der Waals surface area contributed by atoms with E-state index in [1.807, 2.05) is 33.8 Å². The first kappa shape index (κ1) is 45.8. The van der Waals surface area contributed by atoms with Crippen molar-refractivity contribution in [2.24, 2.45) is 0 Å². The van der Waals surface area contributed by atoms with E-state index in [0.717, 1.165) is 31.4 Å². The quantitative estimate of drug-likeness (QED) is 0.122. The fraction of sp³-hybridized carbons (Fsp3) is 0.474. The van der Waals surface area contributed by atoms with Gasteiger partial charge in [-0.05, 0) is 58.0 Å². The average molecular weight is 845 g/mol. The number of carbonyl (C=O) groups is 2. The summed E-state index contributed by atoms with van der Waals surface area (Å²) in [4.78, 5) is 51.6. The molecule has 0 aliphatic heterocycles. The van der Waals surface area contributed by atoms with Crippen molar-refractivity contribution in [1.29, 1.82) is 0 Å². The van der Waals surface area contributed by atoms with Crippen LogP contribution in [0.1, 0.15) is 60.5 Å². The molecule has 2 heterocycles. The molecule has 2 aromatic heterocycles. The maximum atomic E-state index is 14.6. The Morgan fingerprint density at radius 1 is 0.673 bits per heavy atom. The lowest BCUT2D eigenvalue weighted by Gasteiger charge is -2.21. The minimum atomic E-state index is -1.58. The number of carboxylic acid groups (broad SMARTS) is 2. The number of hydrogen-bond donors (Lipinski definition) is 2. The lowest BCUT2D eigenvalue weighted by atomic mass is 10.1. The van der Waals surface area contributed by atoms with Gasteiger partial charge in [-0.3, -0.25) is 19.4 Å². The first-order chi connectivity index (χ1) is 26.2. The first-order valence-electron chi connectivity index (χ1n) is 17.8. The molecule has 4 rings (SSSR count). The van der Waals surface area contributed by atoms with Gasteiger partial charge >= 0.3 is 0 Å². The Bertz CT molecular complexity index is 2030. The summed E-state index contributed by atoms with van der Waals surface area (Å²) in [6.07, 6.45) is 2.60. The Morgan fingerprint density at radius 3 is 1.55 bits per heavy atom. The van der Waals surface area contributed by atoms with Gasteiger partial charge in [-0.1, -0.05) is 0 Å². The topological polar surface area (TPSA) is 155 Å². The second kappa shape index (κ2) is 22.2. The first-order valence-corrected chi connectivity index (χ1v) is 20.0. The Hall–Kier alpha value is -3.59. The minimum Gasteiger partial charge on any atom is -0.545 e. The summed E-state index contributed by atoms with van der Waals surface area (Å²) < 4.78 is 18.0. The molecular weight excluding hydrogens is 797 g/mol. The van der Waals surface area contributed by atoms with E-state index in [2.05, 4.69) is 20.4 Å². The Labute approximate surface area is 339 Å². The van der Waals surface area contributed by atoms with E-state index in [0.29, 0.717) is 72.7 Å². The van der Waals surface area contributed by atoms with E-state index in [9.17, 15) is 33.8 Å². The number of pyridine rings is 2. The molecule has 0 fully saturated rings. The van der Waals surface area contributed by atoms with E-state index < -0.39 is 34.2 Å². The van der Waals surface area contributed by atoms with Crippen LogP contribution in [0.15, 0.2) is 52.3 Å². The van der Waals surface area contributed by atoms with Gasteiger partial charge in [-0.15, -0.1) is 46.4 Å². The summed E-state index contributed by atoms with van der Waals surface area (Å²) in [5.74, 6) is -1.62. The summed E-state index contributed by atoms with van der Waals surface area (Å²) in [5.41, 5.74) is 0.134. The van der Waals surface area contributed by atoms with Gasteiger partial charge in [0.1, 0.15) is 5.82 Å². The summed E-state index contributed by atoms with van der Waals surface area (Å²) >= 11 is 23.2. The minimum absolute atomic E-state index is 0.00403. The maximum absolute atomic E-state index is 14.6.